The number of ether oxygens (including phenoxy) is 2. The predicted molar refractivity (Wildman–Crippen MR) is 229 cm³/mol. The van der Waals surface area contributed by atoms with Crippen LogP contribution in [0.15, 0.2) is 65.8 Å². The molecule has 12 nitrogen and oxygen atoms in total. The van der Waals surface area contributed by atoms with Crippen LogP contribution in [0.3, 0.4) is 0 Å². The van der Waals surface area contributed by atoms with E-state index in [2.05, 4.69) is 78.0 Å². The van der Waals surface area contributed by atoms with Crippen molar-refractivity contribution in [3.05, 3.63) is 72.2 Å². The van der Waals surface area contributed by atoms with E-state index in [1.165, 1.54) is 25.2 Å². The van der Waals surface area contributed by atoms with Gasteiger partial charge in [-0.15, -0.1) is 0 Å². The number of hydrogen-bond acceptors (Lipinski definition) is 8. The highest BCUT2D eigenvalue weighted by atomic mass is 28.3. The molecule has 2 fully saturated rings. The molecule has 1 aromatic heterocycles. The van der Waals surface area contributed by atoms with Gasteiger partial charge in [-0.1, -0.05) is 82.2 Å². The Balaban J connectivity index is 1.05. The molecule has 4 aromatic rings. The van der Waals surface area contributed by atoms with Crippen molar-refractivity contribution in [3.63, 3.8) is 0 Å². The molecule has 2 N–H and O–H groups in total. The summed E-state index contributed by atoms with van der Waals surface area (Å²) < 4.78 is 9.72. The van der Waals surface area contributed by atoms with Crippen molar-refractivity contribution in [1.29, 1.82) is 0 Å². The number of rotatable bonds is 13. The van der Waals surface area contributed by atoms with Gasteiger partial charge in [-0.2, -0.15) is 0 Å². The summed E-state index contributed by atoms with van der Waals surface area (Å²) in [5.74, 6) is -0.00794. The van der Waals surface area contributed by atoms with Gasteiger partial charge in [0.25, 0.3) is 0 Å². The van der Waals surface area contributed by atoms with Gasteiger partial charge in [0.05, 0.1) is 58.4 Å². The number of H-pyrrole nitrogens is 1. The molecule has 1 unspecified atom stereocenters. The van der Waals surface area contributed by atoms with Gasteiger partial charge < -0.3 is 29.6 Å². The maximum absolute atomic E-state index is 13.8. The largest absolute Gasteiger partial charge is 0.469 e. The Kier molecular flexibility index (Phi) is 12.2. The van der Waals surface area contributed by atoms with Crippen molar-refractivity contribution in [2.75, 3.05) is 26.9 Å². The number of nitrogens with one attached hydrogen (secondary N) is 2. The molecular weight excluding hydrogens is 749 g/mol. The number of benzene rings is 3. The number of alkyl carbamates (subject to hydrolysis) is 1. The number of hydrogen-bond donors (Lipinski definition) is 2. The summed E-state index contributed by atoms with van der Waals surface area (Å²) in [4.78, 5) is 69.0. The Morgan fingerprint density at radius 1 is 0.897 bits per heavy atom. The Bertz CT molecular complexity index is 2220. The van der Waals surface area contributed by atoms with Gasteiger partial charge in [-0.25, -0.2) is 9.78 Å². The molecule has 13 heteroatoms. The zero-order chi connectivity index (χ0) is 41.1. The second kappa shape index (κ2) is 17.3. The summed E-state index contributed by atoms with van der Waals surface area (Å²) in [6.07, 6.45) is 7.33. The van der Waals surface area contributed by atoms with E-state index in [1.807, 2.05) is 29.8 Å². The zero-order valence-electron chi connectivity index (χ0n) is 34.6. The number of aromatic nitrogens is 2. The number of aromatic amines is 1. The van der Waals surface area contributed by atoms with E-state index in [4.69, 9.17) is 19.5 Å². The number of amides is 3. The molecule has 0 aliphatic carbocycles. The molecule has 3 aliphatic heterocycles. The summed E-state index contributed by atoms with van der Waals surface area (Å²) >= 11 is 0. The smallest absolute Gasteiger partial charge is 0.407 e. The summed E-state index contributed by atoms with van der Waals surface area (Å²) in [6, 6.07) is 19.2. The minimum Gasteiger partial charge on any atom is -0.469 e. The average Bonchev–Trinajstić information content (AvgIpc) is 4.05. The second-order valence-electron chi connectivity index (χ2n) is 16.8. The van der Waals surface area contributed by atoms with Crippen molar-refractivity contribution in [2.45, 2.75) is 102 Å². The molecule has 3 aromatic carbocycles. The monoisotopic (exact) mass is 804 g/mol. The number of fused-ring (bicyclic) bond motifs is 3. The van der Waals surface area contributed by atoms with E-state index < -0.39 is 20.2 Å². The van der Waals surface area contributed by atoms with Gasteiger partial charge >= 0.3 is 12.1 Å². The van der Waals surface area contributed by atoms with Crippen LogP contribution < -0.4 is 5.32 Å². The van der Waals surface area contributed by atoms with Crippen molar-refractivity contribution in [1.82, 2.24) is 25.1 Å². The van der Waals surface area contributed by atoms with E-state index in [1.54, 1.807) is 0 Å². The minimum absolute atomic E-state index is 0.0340. The molecule has 4 atom stereocenters. The van der Waals surface area contributed by atoms with E-state index >= 15 is 0 Å². The normalized spacial score (nSPS) is 19.4. The summed E-state index contributed by atoms with van der Waals surface area (Å²) in [5.41, 5.74) is 7.27. The van der Waals surface area contributed by atoms with E-state index in [0.717, 1.165) is 76.7 Å². The fourth-order valence-electron chi connectivity index (χ4n) is 9.17. The standard InChI is InChI=1S/C45H56N6O6Si/c1-7-10-32(23-41(52)56-3)43(53)50-21-9-12-39(50)37-24-34-33-19-17-30(22-31(33)18-20-35(34)47-37)28-13-15-29(16-14-28)38-25-46-42(48-38)40-26-58(5,6)27-51(40)44(54)36(11-8-2)49-45(55)57-4/h13-20,22,25,32,36,39-40H,7-12,21,23-24,26-27H2,1-6H3,(H,46,48)(H,49,55)/t32-,36?,39+,40+/m1/s1. The molecule has 0 saturated carbocycles. The Hall–Kier alpha value is -5.30. The zero-order valence-corrected chi connectivity index (χ0v) is 35.6. The van der Waals surface area contributed by atoms with Gasteiger partial charge in [0.2, 0.25) is 11.8 Å². The second-order valence-corrected chi connectivity index (χ2v) is 21.9. The summed E-state index contributed by atoms with van der Waals surface area (Å²) in [7, 11) is 0.951. The summed E-state index contributed by atoms with van der Waals surface area (Å²) in [5, 5.41) is 5.05. The maximum atomic E-state index is 13.8. The number of carbonyl (C=O) groups is 4. The van der Waals surface area contributed by atoms with E-state index in [-0.39, 0.29) is 42.2 Å². The van der Waals surface area contributed by atoms with Crippen LogP contribution in [0.5, 0.6) is 0 Å². The topological polar surface area (TPSA) is 146 Å². The first kappa shape index (κ1) is 40.9. The lowest BCUT2D eigenvalue weighted by molar-refractivity contribution is -0.147. The molecule has 0 bridgehead atoms. The Morgan fingerprint density at radius 3 is 2.36 bits per heavy atom. The van der Waals surface area contributed by atoms with Gasteiger partial charge in [0.15, 0.2) is 0 Å². The molecule has 306 valence electrons. The third kappa shape index (κ3) is 8.45. The third-order valence-corrected chi connectivity index (χ3v) is 14.8. The van der Waals surface area contributed by atoms with Crippen LogP contribution in [0, 0.1) is 5.92 Å². The first-order chi connectivity index (χ1) is 27.9. The molecule has 2 saturated heterocycles. The first-order valence-electron chi connectivity index (χ1n) is 20.7. The molecule has 3 aliphatic rings. The summed E-state index contributed by atoms with van der Waals surface area (Å²) in [6.45, 7) is 9.30. The van der Waals surface area contributed by atoms with Crippen LogP contribution in [0.1, 0.15) is 76.2 Å². The SMILES string of the molecule is CCCC(NC(=O)OC)C(=O)N1C[Si](C)(C)C[C@H]1c1ncc(-c2ccc(-c3ccc4c5c(ccc4c3)N=C([C@@H]3CCCN3C(=O)[C@H](CCC)CC(=O)OC)C5)cc2)[nH]1. The maximum Gasteiger partial charge on any atom is 0.407 e. The molecular formula is C45H56N6O6Si. The lowest BCUT2D eigenvalue weighted by atomic mass is 9.94. The number of methoxy groups -OCH3 is 2. The predicted octanol–water partition coefficient (Wildman–Crippen LogP) is 8.15. The van der Waals surface area contributed by atoms with Gasteiger partial charge in [-0.3, -0.25) is 19.4 Å². The van der Waals surface area contributed by atoms with Gasteiger partial charge in [0, 0.05) is 30.8 Å². The molecule has 0 spiro atoms. The lowest BCUT2D eigenvalue weighted by Crippen LogP contribution is -2.49. The fraction of sp³-hybridized carbons (Fsp3) is 0.467. The van der Waals surface area contributed by atoms with Crippen LogP contribution >= 0.6 is 0 Å². The van der Waals surface area contributed by atoms with Crippen molar-refractivity contribution < 1.29 is 28.7 Å². The van der Waals surface area contributed by atoms with Crippen molar-refractivity contribution in [3.8, 4) is 22.4 Å². The van der Waals surface area contributed by atoms with Gasteiger partial charge in [-0.05, 0) is 76.9 Å². The van der Waals surface area contributed by atoms with Crippen molar-refractivity contribution in [2.24, 2.45) is 10.9 Å². The van der Waals surface area contributed by atoms with Crippen LogP contribution in [-0.2, 0) is 30.3 Å². The molecule has 4 heterocycles. The van der Waals surface area contributed by atoms with E-state index in [9.17, 15) is 19.2 Å². The van der Waals surface area contributed by atoms with Crippen LogP contribution in [0.4, 0.5) is 10.5 Å². The number of imidazole rings is 1. The highest BCUT2D eigenvalue weighted by molar-refractivity contribution is 6.78. The highest BCUT2D eigenvalue weighted by Crippen LogP contribution is 2.40. The van der Waals surface area contributed by atoms with Crippen LogP contribution in [0.2, 0.25) is 19.1 Å². The van der Waals surface area contributed by atoms with Crippen molar-refractivity contribution >= 4 is 54.1 Å². The van der Waals surface area contributed by atoms with Crippen LogP contribution in [0.25, 0.3) is 33.2 Å². The fourth-order valence-corrected chi connectivity index (χ4v) is 12.1. The average molecular weight is 805 g/mol. The van der Waals surface area contributed by atoms with Crippen LogP contribution in [-0.4, -0.2) is 96.4 Å². The quantitative estimate of drug-likeness (QED) is 0.102. The third-order valence-electron chi connectivity index (χ3n) is 12.1. The number of carbonyl (C=O) groups excluding carboxylic acids is 4. The Morgan fingerprint density at radius 2 is 1.64 bits per heavy atom. The number of esters is 1. The molecule has 58 heavy (non-hydrogen) atoms. The molecule has 3 amide bonds. The number of likely N-dealkylation sites (tertiary alicyclic amines) is 1. The lowest BCUT2D eigenvalue weighted by Gasteiger charge is -2.28. The van der Waals surface area contributed by atoms with E-state index in [0.29, 0.717) is 32.0 Å². The minimum atomic E-state index is -1.73. The molecule has 7 rings (SSSR count). The number of nitrogens with zero attached hydrogens (tertiary/aromatic N) is 4. The molecule has 0 radical (unpaired) electrons. The highest BCUT2D eigenvalue weighted by Gasteiger charge is 2.45. The first-order valence-corrected chi connectivity index (χ1v) is 24.2. The van der Waals surface area contributed by atoms with Gasteiger partial charge in [0.1, 0.15) is 11.9 Å². The number of aliphatic imine (C=N–C) groups is 1. The Labute approximate surface area is 341 Å².